The zero-order valence-corrected chi connectivity index (χ0v) is 15.6. The molecule has 2 N–H and O–H groups in total. The van der Waals surface area contributed by atoms with Gasteiger partial charge in [-0.3, -0.25) is 4.79 Å². The van der Waals surface area contributed by atoms with Crippen molar-refractivity contribution in [2.24, 2.45) is 0 Å². The van der Waals surface area contributed by atoms with E-state index in [1.54, 1.807) is 11.3 Å². The highest BCUT2D eigenvalue weighted by Gasteiger charge is 2.23. The number of hydrogen-bond donors (Lipinski definition) is 1. The molecule has 1 amide bonds. The minimum absolute atomic E-state index is 0.148. The van der Waals surface area contributed by atoms with Crippen LogP contribution in [0.25, 0.3) is 10.2 Å². The highest BCUT2D eigenvalue weighted by Crippen LogP contribution is 2.33. The number of nitrogen functional groups attached to an aromatic ring is 1. The largest absolute Gasteiger partial charge is 0.399 e. The van der Waals surface area contributed by atoms with E-state index in [0.29, 0.717) is 11.4 Å². The molecule has 0 aliphatic carbocycles. The van der Waals surface area contributed by atoms with Gasteiger partial charge in [-0.05, 0) is 55.2 Å². The van der Waals surface area contributed by atoms with Crippen LogP contribution in [0.5, 0.6) is 0 Å². The lowest BCUT2D eigenvalue weighted by atomic mass is 9.97. The monoisotopic (exact) mass is 369 g/mol. The summed E-state index contributed by atoms with van der Waals surface area (Å²) in [6, 6.07) is 12.0. The van der Waals surface area contributed by atoms with Crippen molar-refractivity contribution in [2.45, 2.75) is 24.1 Å². The molecule has 0 saturated heterocycles. The Kier molecular flexibility index (Phi) is 4.39. The van der Waals surface area contributed by atoms with Crippen molar-refractivity contribution in [1.29, 1.82) is 0 Å². The molecule has 2 aromatic carbocycles. The number of carbonyl (C=O) groups is 1. The van der Waals surface area contributed by atoms with E-state index in [-0.39, 0.29) is 5.91 Å². The number of nitrogens with two attached hydrogens (primary N) is 1. The van der Waals surface area contributed by atoms with E-state index in [0.717, 1.165) is 39.6 Å². The first kappa shape index (κ1) is 16.4. The number of fused-ring (bicyclic) bond motifs is 2. The quantitative estimate of drug-likeness (QED) is 0.554. The minimum atomic E-state index is 0.148. The lowest BCUT2D eigenvalue weighted by Gasteiger charge is -2.30. The average Bonchev–Trinajstić information content (AvgIpc) is 3.01. The number of thioether (sulfide) groups is 1. The number of carbonyl (C=O) groups excluding carboxylic acids is 1. The molecule has 3 aromatic rings. The highest BCUT2D eigenvalue weighted by molar-refractivity contribution is 8.01. The van der Waals surface area contributed by atoms with E-state index in [4.69, 9.17) is 5.73 Å². The molecule has 128 valence electrons. The molecular formula is C19H19N3OS2. The Hall–Kier alpha value is -2.05. The first-order valence-electron chi connectivity index (χ1n) is 8.29. The summed E-state index contributed by atoms with van der Waals surface area (Å²) in [5.41, 5.74) is 11.1. The fraction of sp³-hybridized carbons (Fsp3) is 0.263. The summed E-state index contributed by atoms with van der Waals surface area (Å²) >= 11 is 3.12. The summed E-state index contributed by atoms with van der Waals surface area (Å²) in [5.74, 6) is 0.554. The van der Waals surface area contributed by atoms with Crippen LogP contribution in [0.15, 0.2) is 40.7 Å². The molecule has 25 heavy (non-hydrogen) atoms. The molecule has 0 saturated carbocycles. The van der Waals surface area contributed by atoms with E-state index in [9.17, 15) is 4.79 Å². The number of rotatable bonds is 3. The fourth-order valence-corrected chi connectivity index (χ4v) is 5.17. The van der Waals surface area contributed by atoms with Gasteiger partial charge in [0, 0.05) is 17.9 Å². The van der Waals surface area contributed by atoms with Crippen molar-refractivity contribution in [2.75, 3.05) is 22.9 Å². The average molecular weight is 370 g/mol. The Balaban J connectivity index is 1.50. The number of thiazole rings is 1. The number of benzene rings is 2. The summed E-state index contributed by atoms with van der Waals surface area (Å²) in [6.45, 7) is 2.92. The third-order valence-corrected chi connectivity index (χ3v) is 6.66. The molecule has 0 fully saturated rings. The molecule has 1 aromatic heterocycles. The van der Waals surface area contributed by atoms with E-state index in [1.807, 2.05) is 29.2 Å². The zero-order valence-electron chi connectivity index (χ0n) is 14.0. The molecular weight excluding hydrogens is 350 g/mol. The van der Waals surface area contributed by atoms with Gasteiger partial charge in [-0.2, -0.15) is 0 Å². The number of amides is 1. The van der Waals surface area contributed by atoms with Crippen molar-refractivity contribution in [3.05, 3.63) is 47.5 Å². The summed E-state index contributed by atoms with van der Waals surface area (Å²) in [4.78, 5) is 19.3. The van der Waals surface area contributed by atoms with Gasteiger partial charge in [0.05, 0.1) is 16.0 Å². The number of aromatic nitrogens is 1. The predicted molar refractivity (Wildman–Crippen MR) is 107 cm³/mol. The maximum atomic E-state index is 12.8. The second kappa shape index (κ2) is 6.69. The van der Waals surface area contributed by atoms with E-state index >= 15 is 0 Å². The summed E-state index contributed by atoms with van der Waals surface area (Å²) < 4.78 is 2.01. The Morgan fingerprint density at radius 2 is 2.24 bits per heavy atom. The summed E-state index contributed by atoms with van der Waals surface area (Å²) in [6.07, 6.45) is 2.08. The maximum Gasteiger partial charge on any atom is 0.237 e. The van der Waals surface area contributed by atoms with Crippen LogP contribution in [-0.4, -0.2) is 23.2 Å². The Bertz CT molecular complexity index is 951. The molecule has 0 spiro atoms. The molecule has 1 aliphatic rings. The molecule has 1 aliphatic heterocycles. The van der Waals surface area contributed by atoms with Crippen molar-refractivity contribution in [3.8, 4) is 0 Å². The number of aryl methyl sites for hydroxylation is 1. The van der Waals surface area contributed by atoms with Crippen molar-refractivity contribution in [1.82, 2.24) is 4.98 Å². The topological polar surface area (TPSA) is 59.2 Å². The molecule has 0 unspecified atom stereocenters. The van der Waals surface area contributed by atoms with Crippen LogP contribution in [0.3, 0.4) is 0 Å². The standard InChI is InChI=1S/C19H19N3OS2/c1-12-4-2-6-16-14(12)5-3-9-22(16)18(23)11-24-19-21-15-10-13(20)7-8-17(15)25-19/h2,4,6-8,10H,3,5,9,11,20H2,1H3. The summed E-state index contributed by atoms with van der Waals surface area (Å²) in [5, 5.41) is 0. The van der Waals surface area contributed by atoms with Crippen molar-refractivity contribution in [3.63, 3.8) is 0 Å². The molecule has 0 radical (unpaired) electrons. The van der Waals surface area contributed by atoms with E-state index in [1.165, 1.54) is 22.9 Å². The lowest BCUT2D eigenvalue weighted by Crippen LogP contribution is -2.36. The van der Waals surface area contributed by atoms with E-state index in [2.05, 4.69) is 24.0 Å². The Morgan fingerprint density at radius 1 is 1.36 bits per heavy atom. The Morgan fingerprint density at radius 3 is 3.12 bits per heavy atom. The number of anilines is 2. The van der Waals surface area contributed by atoms with Gasteiger partial charge in [-0.25, -0.2) is 4.98 Å². The van der Waals surface area contributed by atoms with Gasteiger partial charge in [0.2, 0.25) is 5.91 Å². The van der Waals surface area contributed by atoms with Gasteiger partial charge in [0.15, 0.2) is 4.34 Å². The Labute approximate surface area is 155 Å². The number of nitrogens with zero attached hydrogens (tertiary/aromatic N) is 2. The third kappa shape index (κ3) is 3.24. The first-order chi connectivity index (χ1) is 12.1. The highest BCUT2D eigenvalue weighted by atomic mass is 32.2. The van der Waals surface area contributed by atoms with Gasteiger partial charge in [-0.1, -0.05) is 23.9 Å². The van der Waals surface area contributed by atoms with Gasteiger partial charge in [-0.15, -0.1) is 11.3 Å². The smallest absolute Gasteiger partial charge is 0.237 e. The van der Waals surface area contributed by atoms with Crippen LogP contribution < -0.4 is 10.6 Å². The molecule has 0 bridgehead atoms. The van der Waals surface area contributed by atoms with Gasteiger partial charge < -0.3 is 10.6 Å². The van der Waals surface area contributed by atoms with Crippen LogP contribution in [0.2, 0.25) is 0 Å². The maximum absolute atomic E-state index is 12.8. The van der Waals surface area contributed by atoms with Crippen LogP contribution >= 0.6 is 23.1 Å². The van der Waals surface area contributed by atoms with Crippen LogP contribution in [0.1, 0.15) is 17.5 Å². The SMILES string of the molecule is Cc1cccc2c1CCCN2C(=O)CSc1nc2cc(N)ccc2s1. The fourth-order valence-electron chi connectivity index (χ4n) is 3.24. The molecule has 4 nitrogen and oxygen atoms in total. The second-order valence-electron chi connectivity index (χ2n) is 6.22. The van der Waals surface area contributed by atoms with Gasteiger partial charge in [0.1, 0.15) is 0 Å². The molecule has 6 heteroatoms. The zero-order chi connectivity index (χ0) is 17.4. The van der Waals surface area contributed by atoms with Crippen molar-refractivity contribution < 1.29 is 4.79 Å². The van der Waals surface area contributed by atoms with Gasteiger partial charge in [0.25, 0.3) is 0 Å². The molecule has 0 atom stereocenters. The van der Waals surface area contributed by atoms with E-state index < -0.39 is 0 Å². The summed E-state index contributed by atoms with van der Waals surface area (Å²) in [7, 11) is 0. The van der Waals surface area contributed by atoms with Crippen LogP contribution in [0, 0.1) is 6.92 Å². The van der Waals surface area contributed by atoms with Crippen LogP contribution in [-0.2, 0) is 11.2 Å². The minimum Gasteiger partial charge on any atom is -0.399 e. The molecule has 4 rings (SSSR count). The number of hydrogen-bond acceptors (Lipinski definition) is 5. The first-order valence-corrected chi connectivity index (χ1v) is 10.1. The van der Waals surface area contributed by atoms with Crippen LogP contribution in [0.4, 0.5) is 11.4 Å². The predicted octanol–water partition coefficient (Wildman–Crippen LogP) is 4.26. The second-order valence-corrected chi connectivity index (χ2v) is 8.47. The van der Waals surface area contributed by atoms with Gasteiger partial charge >= 0.3 is 0 Å². The van der Waals surface area contributed by atoms with Crippen molar-refractivity contribution >= 4 is 50.6 Å². The third-order valence-electron chi connectivity index (χ3n) is 4.50. The lowest BCUT2D eigenvalue weighted by molar-refractivity contribution is -0.116. The molecule has 2 heterocycles. The normalized spacial score (nSPS) is 13.9.